The average Bonchev–Trinajstić information content (AvgIpc) is 2.96. The summed E-state index contributed by atoms with van der Waals surface area (Å²) in [6.07, 6.45) is 2.48. The van der Waals surface area contributed by atoms with E-state index < -0.39 is 11.4 Å². The van der Waals surface area contributed by atoms with E-state index in [4.69, 9.17) is 0 Å². The van der Waals surface area contributed by atoms with Gasteiger partial charge in [-0.2, -0.15) is 0 Å². The number of carboxylic acid groups (broad SMARTS) is 1. The highest BCUT2D eigenvalue weighted by Crippen LogP contribution is 2.40. The van der Waals surface area contributed by atoms with E-state index in [1.165, 1.54) is 4.88 Å². The Balaban J connectivity index is 2.10. The lowest BCUT2D eigenvalue weighted by molar-refractivity contribution is -0.148. The molecule has 0 aromatic carbocycles. The van der Waals surface area contributed by atoms with Gasteiger partial charge in [0, 0.05) is 27.3 Å². The van der Waals surface area contributed by atoms with Crippen molar-refractivity contribution in [1.29, 1.82) is 0 Å². The van der Waals surface area contributed by atoms with Crippen LogP contribution in [-0.2, 0) is 4.79 Å². The number of nitrogens with zero attached hydrogens (tertiary/aromatic N) is 1. The lowest BCUT2D eigenvalue weighted by Gasteiger charge is -2.27. The topological polar surface area (TPSA) is 40.5 Å². The molecule has 0 radical (unpaired) electrons. The second-order valence-electron chi connectivity index (χ2n) is 5.40. The zero-order valence-corrected chi connectivity index (χ0v) is 13.8. The molecule has 1 saturated heterocycles. The first-order valence-corrected chi connectivity index (χ1v) is 8.37. The molecular weight excluding hydrogens is 326 g/mol. The standard InChI is InChI=1S/C14H20BrNO2S/c1-3-4-14(13(17)18)5-6-16(9-14)10(2)12-7-11(15)8-19-12/h7-8,10H,3-6,9H2,1-2H3,(H,17,18). The van der Waals surface area contributed by atoms with Crippen LogP contribution in [-0.4, -0.2) is 29.1 Å². The lowest BCUT2D eigenvalue weighted by Crippen LogP contribution is -2.35. The fourth-order valence-corrected chi connectivity index (χ4v) is 4.46. The van der Waals surface area contributed by atoms with E-state index in [9.17, 15) is 9.90 Å². The molecule has 0 aliphatic carbocycles. The van der Waals surface area contributed by atoms with Gasteiger partial charge in [0.2, 0.25) is 0 Å². The predicted molar refractivity (Wildman–Crippen MR) is 81.6 cm³/mol. The predicted octanol–water partition coefficient (Wildman–Crippen LogP) is 4.15. The van der Waals surface area contributed by atoms with Crippen LogP contribution in [0.1, 0.15) is 44.0 Å². The minimum Gasteiger partial charge on any atom is -0.481 e. The molecule has 1 aromatic heterocycles. The molecule has 2 heterocycles. The smallest absolute Gasteiger partial charge is 0.310 e. The van der Waals surface area contributed by atoms with E-state index in [2.05, 4.69) is 46.1 Å². The van der Waals surface area contributed by atoms with Crippen LogP contribution in [0.25, 0.3) is 0 Å². The Labute approximate surface area is 126 Å². The molecule has 0 amide bonds. The third kappa shape index (κ3) is 3.03. The number of carboxylic acids is 1. The molecule has 0 spiro atoms. The van der Waals surface area contributed by atoms with Gasteiger partial charge in [-0.25, -0.2) is 0 Å². The summed E-state index contributed by atoms with van der Waals surface area (Å²) in [5.74, 6) is -0.628. The van der Waals surface area contributed by atoms with E-state index in [1.54, 1.807) is 11.3 Å². The van der Waals surface area contributed by atoms with E-state index in [0.717, 1.165) is 30.3 Å². The molecule has 1 aromatic rings. The van der Waals surface area contributed by atoms with E-state index in [0.29, 0.717) is 12.6 Å². The van der Waals surface area contributed by atoms with Crippen molar-refractivity contribution in [2.24, 2.45) is 5.41 Å². The third-order valence-corrected chi connectivity index (χ3v) is 5.98. The molecule has 1 aliphatic rings. The van der Waals surface area contributed by atoms with Crippen molar-refractivity contribution >= 4 is 33.2 Å². The molecule has 2 unspecified atom stereocenters. The van der Waals surface area contributed by atoms with Crippen LogP contribution >= 0.6 is 27.3 Å². The zero-order valence-electron chi connectivity index (χ0n) is 11.4. The Morgan fingerprint density at radius 1 is 1.68 bits per heavy atom. The maximum absolute atomic E-state index is 11.6. The Bertz CT molecular complexity index is 462. The quantitative estimate of drug-likeness (QED) is 0.871. The summed E-state index contributed by atoms with van der Waals surface area (Å²) in [5, 5.41) is 11.6. The van der Waals surface area contributed by atoms with E-state index in [-0.39, 0.29) is 0 Å². The van der Waals surface area contributed by atoms with Crippen molar-refractivity contribution in [3.8, 4) is 0 Å². The van der Waals surface area contributed by atoms with Gasteiger partial charge in [0.1, 0.15) is 0 Å². The second-order valence-corrected chi connectivity index (χ2v) is 7.26. The normalized spacial score (nSPS) is 25.6. The highest BCUT2D eigenvalue weighted by molar-refractivity contribution is 9.10. The molecule has 5 heteroatoms. The summed E-state index contributed by atoms with van der Waals surface area (Å²) >= 11 is 5.21. The average molecular weight is 346 g/mol. The van der Waals surface area contributed by atoms with Gasteiger partial charge in [-0.05, 0) is 48.3 Å². The van der Waals surface area contributed by atoms with Gasteiger partial charge >= 0.3 is 5.97 Å². The number of hydrogen-bond donors (Lipinski definition) is 1. The molecule has 1 N–H and O–H groups in total. The highest BCUT2D eigenvalue weighted by Gasteiger charge is 2.45. The summed E-state index contributed by atoms with van der Waals surface area (Å²) < 4.78 is 1.11. The van der Waals surface area contributed by atoms with Crippen LogP contribution in [0.3, 0.4) is 0 Å². The van der Waals surface area contributed by atoms with Crippen LogP contribution < -0.4 is 0 Å². The number of halogens is 1. The van der Waals surface area contributed by atoms with Crippen LogP contribution in [0.2, 0.25) is 0 Å². The maximum atomic E-state index is 11.6. The molecule has 1 aliphatic heterocycles. The molecule has 1 fully saturated rings. The molecule has 3 nitrogen and oxygen atoms in total. The minimum absolute atomic E-state index is 0.300. The Kier molecular flexibility index (Phi) is 4.69. The van der Waals surface area contributed by atoms with Crippen LogP contribution in [0.5, 0.6) is 0 Å². The SMILES string of the molecule is CCCC1(C(=O)O)CCN(C(C)c2cc(Br)cs2)C1. The first kappa shape index (κ1) is 15.0. The van der Waals surface area contributed by atoms with E-state index in [1.807, 2.05) is 0 Å². The lowest BCUT2D eigenvalue weighted by atomic mass is 9.83. The highest BCUT2D eigenvalue weighted by atomic mass is 79.9. The summed E-state index contributed by atoms with van der Waals surface area (Å²) in [5.41, 5.74) is -0.530. The van der Waals surface area contributed by atoms with E-state index >= 15 is 0 Å². The van der Waals surface area contributed by atoms with Gasteiger partial charge in [-0.3, -0.25) is 9.69 Å². The second kappa shape index (κ2) is 5.94. The maximum Gasteiger partial charge on any atom is 0.310 e. The number of hydrogen-bond acceptors (Lipinski definition) is 3. The Morgan fingerprint density at radius 2 is 2.42 bits per heavy atom. The fourth-order valence-electron chi connectivity index (χ4n) is 2.93. The van der Waals surface area contributed by atoms with Crippen molar-refractivity contribution < 1.29 is 9.90 Å². The van der Waals surface area contributed by atoms with Crippen LogP contribution in [0.15, 0.2) is 15.9 Å². The molecule has 106 valence electrons. The molecule has 2 rings (SSSR count). The largest absolute Gasteiger partial charge is 0.481 e. The van der Waals surface area contributed by atoms with Gasteiger partial charge in [-0.1, -0.05) is 13.3 Å². The molecule has 19 heavy (non-hydrogen) atoms. The molecular formula is C14H20BrNO2S. The Hall–Kier alpha value is -0.390. The summed E-state index contributed by atoms with van der Waals surface area (Å²) in [6, 6.07) is 2.44. The van der Waals surface area contributed by atoms with Crippen LogP contribution in [0, 0.1) is 5.41 Å². The summed E-state index contributed by atoms with van der Waals surface area (Å²) in [4.78, 5) is 15.2. The van der Waals surface area contributed by atoms with Crippen molar-refractivity contribution in [3.05, 3.63) is 20.8 Å². The van der Waals surface area contributed by atoms with Gasteiger partial charge in [0.05, 0.1) is 5.41 Å². The van der Waals surface area contributed by atoms with Gasteiger partial charge in [0.25, 0.3) is 0 Å². The molecule has 2 atom stereocenters. The first-order chi connectivity index (χ1) is 8.98. The van der Waals surface area contributed by atoms with Gasteiger partial charge in [-0.15, -0.1) is 11.3 Å². The van der Waals surface area contributed by atoms with Crippen molar-refractivity contribution in [2.45, 2.75) is 39.2 Å². The van der Waals surface area contributed by atoms with Gasteiger partial charge in [0.15, 0.2) is 0 Å². The van der Waals surface area contributed by atoms with Crippen molar-refractivity contribution in [2.75, 3.05) is 13.1 Å². The Morgan fingerprint density at radius 3 is 2.95 bits per heavy atom. The molecule has 0 saturated carbocycles. The number of aliphatic carboxylic acids is 1. The third-order valence-electron chi connectivity index (χ3n) is 4.11. The zero-order chi connectivity index (χ0) is 14.0. The summed E-state index contributed by atoms with van der Waals surface area (Å²) in [6.45, 7) is 5.78. The fraction of sp³-hybridized carbons (Fsp3) is 0.643. The first-order valence-electron chi connectivity index (χ1n) is 6.70. The number of thiophene rings is 1. The minimum atomic E-state index is -0.628. The molecule has 0 bridgehead atoms. The monoisotopic (exact) mass is 345 g/mol. The van der Waals surface area contributed by atoms with Crippen molar-refractivity contribution in [3.63, 3.8) is 0 Å². The number of likely N-dealkylation sites (tertiary alicyclic amines) is 1. The van der Waals surface area contributed by atoms with Crippen LogP contribution in [0.4, 0.5) is 0 Å². The number of carbonyl (C=O) groups is 1. The van der Waals surface area contributed by atoms with Crippen molar-refractivity contribution in [1.82, 2.24) is 4.90 Å². The van der Waals surface area contributed by atoms with Gasteiger partial charge < -0.3 is 5.11 Å². The number of rotatable bonds is 5. The summed E-state index contributed by atoms with van der Waals surface area (Å²) in [7, 11) is 0.